The van der Waals surface area contributed by atoms with Gasteiger partial charge in [0.15, 0.2) is 0 Å². The molecule has 1 amide bonds. The van der Waals surface area contributed by atoms with Crippen LogP contribution >= 0.6 is 11.6 Å². The number of aromatic nitrogens is 2. The smallest absolute Gasteiger partial charge is 0.257 e. The highest BCUT2D eigenvalue weighted by molar-refractivity contribution is 6.32. The molecule has 19 heavy (non-hydrogen) atoms. The second kappa shape index (κ2) is 5.75. The zero-order chi connectivity index (χ0) is 13.8. The van der Waals surface area contributed by atoms with E-state index in [0.29, 0.717) is 6.54 Å². The van der Waals surface area contributed by atoms with Crippen molar-refractivity contribution < 1.29 is 9.18 Å². The lowest BCUT2D eigenvalue weighted by Gasteiger charge is -2.17. The Morgan fingerprint density at radius 1 is 1.42 bits per heavy atom. The summed E-state index contributed by atoms with van der Waals surface area (Å²) in [5.74, 6) is -0.998. The third-order valence-corrected chi connectivity index (χ3v) is 2.81. The molecule has 0 saturated heterocycles. The van der Waals surface area contributed by atoms with Gasteiger partial charge in [-0.2, -0.15) is 0 Å². The van der Waals surface area contributed by atoms with E-state index in [-0.39, 0.29) is 10.7 Å². The molecular formula is C13H11ClFN3O. The molecule has 2 rings (SSSR count). The minimum absolute atomic E-state index is 0.0146. The first-order valence-corrected chi connectivity index (χ1v) is 5.92. The van der Waals surface area contributed by atoms with Crippen LogP contribution in [0.25, 0.3) is 0 Å². The second-order valence-electron chi connectivity index (χ2n) is 3.97. The Hall–Kier alpha value is -2.01. The number of carbonyl (C=O) groups is 1. The Labute approximate surface area is 114 Å². The molecule has 0 aliphatic rings. The fraction of sp³-hybridized carbons (Fsp3) is 0.154. The normalized spacial score (nSPS) is 10.3. The number of carbonyl (C=O) groups excluding carboxylic acids is 1. The molecule has 0 aliphatic heterocycles. The van der Waals surface area contributed by atoms with Crippen molar-refractivity contribution in [2.45, 2.75) is 6.54 Å². The SMILES string of the molecule is CN(Cc1ccccn1)C(=O)c1cc(F)cnc1Cl. The van der Waals surface area contributed by atoms with Gasteiger partial charge in [-0.1, -0.05) is 17.7 Å². The van der Waals surface area contributed by atoms with Crippen LogP contribution in [0.15, 0.2) is 36.7 Å². The van der Waals surface area contributed by atoms with Gasteiger partial charge in [-0.15, -0.1) is 0 Å². The average Bonchev–Trinajstić information content (AvgIpc) is 2.42. The molecule has 4 nitrogen and oxygen atoms in total. The van der Waals surface area contributed by atoms with E-state index < -0.39 is 11.7 Å². The monoisotopic (exact) mass is 279 g/mol. The van der Waals surface area contributed by atoms with E-state index in [1.807, 2.05) is 6.07 Å². The van der Waals surface area contributed by atoms with E-state index >= 15 is 0 Å². The molecular weight excluding hydrogens is 269 g/mol. The maximum Gasteiger partial charge on any atom is 0.257 e. The molecule has 2 aromatic rings. The highest BCUT2D eigenvalue weighted by atomic mass is 35.5. The predicted octanol–water partition coefficient (Wildman–Crippen LogP) is 2.54. The number of pyridine rings is 2. The Morgan fingerprint density at radius 2 is 2.21 bits per heavy atom. The quantitative estimate of drug-likeness (QED) is 0.811. The first-order valence-electron chi connectivity index (χ1n) is 5.54. The summed E-state index contributed by atoms with van der Waals surface area (Å²) in [4.78, 5) is 21.3. The van der Waals surface area contributed by atoms with Gasteiger partial charge in [0.25, 0.3) is 5.91 Å². The summed E-state index contributed by atoms with van der Waals surface area (Å²) in [5, 5.41) is -0.0146. The van der Waals surface area contributed by atoms with Crippen molar-refractivity contribution in [3.8, 4) is 0 Å². The van der Waals surface area contributed by atoms with Crippen molar-refractivity contribution in [2.75, 3.05) is 7.05 Å². The van der Waals surface area contributed by atoms with Gasteiger partial charge in [-0.25, -0.2) is 9.37 Å². The molecule has 0 spiro atoms. The third-order valence-electron chi connectivity index (χ3n) is 2.51. The molecule has 0 bridgehead atoms. The zero-order valence-corrected chi connectivity index (χ0v) is 10.9. The summed E-state index contributed by atoms with van der Waals surface area (Å²) in [5.41, 5.74) is 0.777. The van der Waals surface area contributed by atoms with Crippen molar-refractivity contribution >= 4 is 17.5 Å². The van der Waals surface area contributed by atoms with Gasteiger partial charge in [0.1, 0.15) is 11.0 Å². The first-order chi connectivity index (χ1) is 9.08. The van der Waals surface area contributed by atoms with E-state index in [1.165, 1.54) is 4.90 Å². The number of amides is 1. The average molecular weight is 280 g/mol. The number of hydrogen-bond donors (Lipinski definition) is 0. The number of rotatable bonds is 3. The molecule has 0 saturated carbocycles. The Balaban J connectivity index is 2.17. The van der Waals surface area contributed by atoms with E-state index in [9.17, 15) is 9.18 Å². The van der Waals surface area contributed by atoms with Crippen LogP contribution in [0.5, 0.6) is 0 Å². The molecule has 6 heteroatoms. The summed E-state index contributed by atoms with van der Waals surface area (Å²) in [6.07, 6.45) is 2.61. The molecule has 0 atom stereocenters. The zero-order valence-electron chi connectivity index (χ0n) is 10.2. The predicted molar refractivity (Wildman–Crippen MR) is 69.2 cm³/mol. The van der Waals surface area contributed by atoms with Crippen LogP contribution in [0, 0.1) is 5.82 Å². The van der Waals surface area contributed by atoms with Crippen molar-refractivity contribution in [1.29, 1.82) is 0 Å². The molecule has 2 aromatic heterocycles. The Kier molecular flexibility index (Phi) is 4.06. The standard InChI is InChI=1S/C13H11ClFN3O/c1-18(8-10-4-2-3-5-16-10)13(19)11-6-9(15)7-17-12(11)14/h2-7H,8H2,1H3. The van der Waals surface area contributed by atoms with E-state index in [2.05, 4.69) is 9.97 Å². The first kappa shape index (κ1) is 13.4. The topological polar surface area (TPSA) is 46.1 Å². The molecule has 0 N–H and O–H groups in total. The highest BCUT2D eigenvalue weighted by Gasteiger charge is 2.17. The van der Waals surface area contributed by atoms with Crippen LogP contribution in [-0.4, -0.2) is 27.8 Å². The van der Waals surface area contributed by atoms with E-state index in [0.717, 1.165) is 18.0 Å². The van der Waals surface area contributed by atoms with Crippen LogP contribution in [-0.2, 0) is 6.54 Å². The van der Waals surface area contributed by atoms with E-state index in [4.69, 9.17) is 11.6 Å². The van der Waals surface area contributed by atoms with Gasteiger partial charge in [0, 0.05) is 13.2 Å². The molecule has 98 valence electrons. The lowest BCUT2D eigenvalue weighted by Crippen LogP contribution is -2.27. The van der Waals surface area contributed by atoms with Gasteiger partial charge >= 0.3 is 0 Å². The molecule has 0 aliphatic carbocycles. The molecule has 2 heterocycles. The maximum atomic E-state index is 13.1. The van der Waals surface area contributed by atoms with Crippen molar-refractivity contribution in [3.63, 3.8) is 0 Å². The van der Waals surface area contributed by atoms with Crippen LogP contribution in [0.4, 0.5) is 4.39 Å². The van der Waals surface area contributed by atoms with Gasteiger partial charge < -0.3 is 4.90 Å². The van der Waals surface area contributed by atoms with Crippen molar-refractivity contribution in [1.82, 2.24) is 14.9 Å². The van der Waals surface area contributed by atoms with Gasteiger partial charge in [-0.05, 0) is 18.2 Å². The van der Waals surface area contributed by atoms with Crippen LogP contribution in [0.2, 0.25) is 5.15 Å². The number of nitrogens with zero attached hydrogens (tertiary/aromatic N) is 3. The maximum absolute atomic E-state index is 13.1. The minimum atomic E-state index is -0.598. The summed E-state index contributed by atoms with van der Waals surface area (Å²) < 4.78 is 13.1. The van der Waals surface area contributed by atoms with Crippen molar-refractivity contribution in [2.24, 2.45) is 0 Å². The molecule has 0 radical (unpaired) electrons. The summed E-state index contributed by atoms with van der Waals surface area (Å²) in [6.45, 7) is 0.312. The lowest BCUT2D eigenvalue weighted by atomic mass is 10.2. The molecule has 0 aromatic carbocycles. The fourth-order valence-corrected chi connectivity index (χ4v) is 1.77. The molecule has 0 fully saturated rings. The number of halogens is 2. The third kappa shape index (κ3) is 3.26. The van der Waals surface area contributed by atoms with Gasteiger partial charge in [-0.3, -0.25) is 9.78 Å². The van der Waals surface area contributed by atoms with Crippen LogP contribution in [0.1, 0.15) is 16.1 Å². The van der Waals surface area contributed by atoms with Gasteiger partial charge in [0.05, 0.1) is 24.0 Å². The Bertz CT molecular complexity index is 592. The van der Waals surface area contributed by atoms with Gasteiger partial charge in [0.2, 0.25) is 0 Å². The fourth-order valence-electron chi connectivity index (χ4n) is 1.58. The largest absolute Gasteiger partial charge is 0.336 e. The summed E-state index contributed by atoms with van der Waals surface area (Å²) in [7, 11) is 1.60. The van der Waals surface area contributed by atoms with E-state index in [1.54, 1.807) is 25.4 Å². The number of hydrogen-bond acceptors (Lipinski definition) is 3. The van der Waals surface area contributed by atoms with Crippen LogP contribution < -0.4 is 0 Å². The Morgan fingerprint density at radius 3 is 2.89 bits per heavy atom. The minimum Gasteiger partial charge on any atom is -0.336 e. The summed E-state index contributed by atoms with van der Waals surface area (Å²) >= 11 is 5.80. The molecule has 0 unspecified atom stereocenters. The lowest BCUT2D eigenvalue weighted by molar-refractivity contribution is 0.0782. The van der Waals surface area contributed by atoms with Crippen molar-refractivity contribution in [3.05, 3.63) is 58.9 Å². The van der Waals surface area contributed by atoms with Crippen LogP contribution in [0.3, 0.4) is 0 Å². The highest BCUT2D eigenvalue weighted by Crippen LogP contribution is 2.16. The summed E-state index contributed by atoms with van der Waals surface area (Å²) in [6, 6.07) is 6.50. The second-order valence-corrected chi connectivity index (χ2v) is 4.33.